The first-order valence-corrected chi connectivity index (χ1v) is 13.5. The Balaban J connectivity index is 1.71. The second-order valence-corrected chi connectivity index (χ2v) is 10.5. The Morgan fingerprint density at radius 2 is 1.93 bits per heavy atom. The maximum atomic E-state index is 14.8. The largest absolute Gasteiger partial charge is 0.474 e. The van der Waals surface area contributed by atoms with Crippen molar-refractivity contribution in [1.29, 1.82) is 0 Å². The van der Waals surface area contributed by atoms with Crippen molar-refractivity contribution < 1.29 is 13.9 Å². The molecule has 0 N–H and O–H groups in total. The molecular formula is C30H29ClFN5O3. The van der Waals surface area contributed by atoms with Gasteiger partial charge in [-0.3, -0.25) is 9.78 Å². The van der Waals surface area contributed by atoms with Gasteiger partial charge in [-0.2, -0.15) is 4.98 Å². The van der Waals surface area contributed by atoms with Gasteiger partial charge in [0.25, 0.3) is 0 Å². The molecule has 0 spiro atoms. The highest BCUT2D eigenvalue weighted by Gasteiger charge is 2.27. The minimum absolute atomic E-state index is 0.00502. The Bertz CT molecular complexity index is 1680. The van der Waals surface area contributed by atoms with Gasteiger partial charge in [-0.25, -0.2) is 18.7 Å². The van der Waals surface area contributed by atoms with Crippen molar-refractivity contribution in [3.63, 3.8) is 0 Å². The van der Waals surface area contributed by atoms with Crippen molar-refractivity contribution in [3.8, 4) is 22.8 Å². The molecule has 1 fully saturated rings. The van der Waals surface area contributed by atoms with E-state index in [2.05, 4.69) is 16.5 Å². The number of likely N-dealkylation sites (tertiary alicyclic amines) is 1. The van der Waals surface area contributed by atoms with Gasteiger partial charge in [-0.15, -0.1) is 0 Å². The summed E-state index contributed by atoms with van der Waals surface area (Å²) in [5, 5.41) is 0.597. The van der Waals surface area contributed by atoms with Gasteiger partial charge in [0.1, 0.15) is 11.9 Å². The third-order valence-electron chi connectivity index (χ3n) is 7.05. The normalized spacial score (nSPS) is 14.1. The number of pyridine rings is 2. The number of nitrogens with zero attached hydrogens (tertiary/aromatic N) is 5. The molecule has 0 unspecified atom stereocenters. The SMILES string of the molecule is C=CC(=O)N1CCC(Oc2nc(=O)n(-c3c(C)ccnc3C(C)C)c3nc(-c4ccccc4F)c(Cl)cc23)CC1. The summed E-state index contributed by atoms with van der Waals surface area (Å²) >= 11 is 6.68. The lowest BCUT2D eigenvalue weighted by atomic mass is 10.0. The number of fused-ring (bicyclic) bond motifs is 1. The molecule has 0 atom stereocenters. The second-order valence-electron chi connectivity index (χ2n) is 10.1. The smallest absolute Gasteiger partial charge is 0.357 e. The number of carbonyl (C=O) groups is 1. The topological polar surface area (TPSA) is 90.2 Å². The number of rotatable bonds is 6. The molecule has 5 rings (SSSR count). The number of benzene rings is 1. The molecule has 40 heavy (non-hydrogen) atoms. The molecule has 0 saturated carbocycles. The van der Waals surface area contributed by atoms with Crippen molar-refractivity contribution in [2.45, 2.75) is 45.6 Å². The molecule has 1 saturated heterocycles. The Kier molecular flexibility index (Phi) is 7.67. The highest BCUT2D eigenvalue weighted by atomic mass is 35.5. The van der Waals surface area contributed by atoms with Gasteiger partial charge in [-0.05, 0) is 48.7 Å². The molecule has 1 aromatic carbocycles. The fourth-order valence-electron chi connectivity index (χ4n) is 4.99. The zero-order chi connectivity index (χ0) is 28.6. The fourth-order valence-corrected chi connectivity index (χ4v) is 5.25. The molecule has 10 heteroatoms. The van der Waals surface area contributed by atoms with Crippen LogP contribution in [0, 0.1) is 12.7 Å². The van der Waals surface area contributed by atoms with Gasteiger partial charge in [0, 0.05) is 37.7 Å². The molecule has 8 nitrogen and oxygen atoms in total. The van der Waals surface area contributed by atoms with Crippen molar-refractivity contribution in [2.24, 2.45) is 0 Å². The van der Waals surface area contributed by atoms with Crippen LogP contribution in [0.4, 0.5) is 4.39 Å². The lowest BCUT2D eigenvalue weighted by Crippen LogP contribution is -2.41. The lowest BCUT2D eigenvalue weighted by molar-refractivity contribution is -0.127. The average molecular weight is 562 g/mol. The molecule has 1 aliphatic heterocycles. The molecular weight excluding hydrogens is 533 g/mol. The van der Waals surface area contributed by atoms with Crippen LogP contribution in [0.3, 0.4) is 0 Å². The number of aromatic nitrogens is 4. The van der Waals surface area contributed by atoms with Gasteiger partial charge in [-0.1, -0.05) is 44.2 Å². The fraction of sp³-hybridized carbons (Fsp3) is 0.300. The van der Waals surface area contributed by atoms with Crippen molar-refractivity contribution >= 4 is 28.5 Å². The summed E-state index contributed by atoms with van der Waals surface area (Å²) in [7, 11) is 0. The third kappa shape index (κ3) is 5.09. The summed E-state index contributed by atoms with van der Waals surface area (Å²) in [6.07, 6.45) is 3.82. The molecule has 4 heterocycles. The zero-order valence-corrected chi connectivity index (χ0v) is 23.3. The molecule has 0 aliphatic carbocycles. The van der Waals surface area contributed by atoms with Crippen LogP contribution in [-0.2, 0) is 4.79 Å². The van der Waals surface area contributed by atoms with Gasteiger partial charge >= 0.3 is 5.69 Å². The van der Waals surface area contributed by atoms with E-state index >= 15 is 0 Å². The summed E-state index contributed by atoms with van der Waals surface area (Å²) < 4.78 is 22.5. The number of ether oxygens (including phenoxy) is 1. The van der Waals surface area contributed by atoms with Crippen molar-refractivity contribution in [1.82, 2.24) is 24.4 Å². The van der Waals surface area contributed by atoms with E-state index in [0.717, 1.165) is 5.56 Å². The van der Waals surface area contributed by atoms with Crippen LogP contribution in [0.5, 0.6) is 5.88 Å². The minimum Gasteiger partial charge on any atom is -0.474 e. The molecule has 0 bridgehead atoms. The lowest BCUT2D eigenvalue weighted by Gasteiger charge is -2.31. The summed E-state index contributed by atoms with van der Waals surface area (Å²) in [5.41, 5.74) is 2.10. The molecule has 4 aromatic rings. The van der Waals surface area contributed by atoms with E-state index < -0.39 is 11.5 Å². The van der Waals surface area contributed by atoms with E-state index in [9.17, 15) is 14.0 Å². The standard InChI is InChI=1S/C30H29ClFN5O3/c1-5-24(38)36-14-11-19(12-15-36)40-29-21-16-22(31)26(20-8-6-7-9-23(20)32)34-28(21)37(30(39)35-29)27-18(4)10-13-33-25(27)17(2)3/h5-10,13,16-17,19H,1,11-12,14-15H2,2-4H3. The van der Waals surface area contributed by atoms with Crippen LogP contribution in [0.15, 0.2) is 60.0 Å². The molecule has 1 aliphatic rings. The van der Waals surface area contributed by atoms with Crippen molar-refractivity contribution in [2.75, 3.05) is 13.1 Å². The Labute approximate surface area is 236 Å². The van der Waals surface area contributed by atoms with E-state index in [0.29, 0.717) is 42.7 Å². The first kappa shape index (κ1) is 27.5. The predicted molar refractivity (Wildman–Crippen MR) is 153 cm³/mol. The Morgan fingerprint density at radius 3 is 2.60 bits per heavy atom. The highest BCUT2D eigenvalue weighted by Crippen LogP contribution is 2.35. The Morgan fingerprint density at radius 1 is 1.20 bits per heavy atom. The first-order chi connectivity index (χ1) is 19.2. The van der Waals surface area contributed by atoms with Crippen LogP contribution in [0.1, 0.15) is 43.9 Å². The quantitative estimate of drug-likeness (QED) is 0.284. The van der Waals surface area contributed by atoms with Crippen molar-refractivity contribution in [3.05, 3.63) is 87.8 Å². The maximum Gasteiger partial charge on any atom is 0.357 e. The van der Waals surface area contributed by atoms with Crippen LogP contribution >= 0.6 is 11.6 Å². The molecule has 0 radical (unpaired) electrons. The number of hydrogen-bond acceptors (Lipinski definition) is 6. The van der Waals surface area contributed by atoms with Crippen LogP contribution < -0.4 is 10.4 Å². The van der Waals surface area contributed by atoms with Gasteiger partial charge in [0.05, 0.1) is 27.5 Å². The predicted octanol–water partition coefficient (Wildman–Crippen LogP) is 5.62. The zero-order valence-electron chi connectivity index (χ0n) is 22.5. The van der Waals surface area contributed by atoms with E-state index in [4.69, 9.17) is 21.3 Å². The number of piperidine rings is 1. The second kappa shape index (κ2) is 11.2. The van der Waals surface area contributed by atoms with Gasteiger partial charge in [0.15, 0.2) is 5.65 Å². The summed E-state index contributed by atoms with van der Waals surface area (Å²) in [4.78, 5) is 41.1. The number of amides is 1. The van der Waals surface area contributed by atoms with E-state index in [1.54, 1.807) is 35.4 Å². The molecule has 1 amide bonds. The van der Waals surface area contributed by atoms with E-state index in [1.165, 1.54) is 16.7 Å². The van der Waals surface area contributed by atoms with Crippen LogP contribution in [0.25, 0.3) is 28.0 Å². The maximum absolute atomic E-state index is 14.8. The molecule has 3 aromatic heterocycles. The van der Waals surface area contributed by atoms with Gasteiger partial charge < -0.3 is 9.64 Å². The summed E-state index contributed by atoms with van der Waals surface area (Å²) in [5.74, 6) is -0.535. The average Bonchev–Trinajstić information content (AvgIpc) is 2.94. The summed E-state index contributed by atoms with van der Waals surface area (Å²) in [6, 6.07) is 9.62. The number of carbonyl (C=O) groups excluding carboxylic acids is 1. The first-order valence-electron chi connectivity index (χ1n) is 13.1. The molecule has 206 valence electrons. The number of hydrogen-bond donors (Lipinski definition) is 0. The van der Waals surface area contributed by atoms with Gasteiger partial charge in [0.2, 0.25) is 11.8 Å². The third-order valence-corrected chi connectivity index (χ3v) is 7.34. The van der Waals surface area contributed by atoms with E-state index in [1.807, 2.05) is 26.8 Å². The number of halogens is 2. The monoisotopic (exact) mass is 561 g/mol. The highest BCUT2D eigenvalue weighted by molar-refractivity contribution is 6.33. The van der Waals surface area contributed by atoms with Crippen LogP contribution in [-0.4, -0.2) is 49.5 Å². The Hall–Kier alpha value is -4.11. The van der Waals surface area contributed by atoms with E-state index in [-0.39, 0.29) is 45.7 Å². The summed E-state index contributed by atoms with van der Waals surface area (Å²) in [6.45, 7) is 10.4. The minimum atomic E-state index is -0.603. The van der Waals surface area contributed by atoms with Crippen LogP contribution in [0.2, 0.25) is 5.02 Å². The number of aryl methyl sites for hydroxylation is 1.